The van der Waals surface area contributed by atoms with Gasteiger partial charge in [-0.15, -0.1) is 0 Å². The quantitative estimate of drug-likeness (QED) is 0.596. The second-order valence-corrected chi connectivity index (χ2v) is 8.48. The number of carbonyl (C=O) groups excluding carboxylic acids is 1. The van der Waals surface area contributed by atoms with E-state index in [-0.39, 0.29) is 10.0 Å². The van der Waals surface area contributed by atoms with Gasteiger partial charge in [0.2, 0.25) is 0 Å². The van der Waals surface area contributed by atoms with Crippen molar-refractivity contribution in [2.45, 2.75) is 50.5 Å². The van der Waals surface area contributed by atoms with Crippen molar-refractivity contribution < 1.29 is 13.6 Å². The Kier molecular flexibility index (Phi) is 2.70. The van der Waals surface area contributed by atoms with Crippen molar-refractivity contribution in [1.29, 1.82) is 0 Å². The maximum absolute atomic E-state index is 13.9. The van der Waals surface area contributed by atoms with Gasteiger partial charge in [0.25, 0.3) is 0 Å². The Balaban J connectivity index is 1.67. The SMILES string of the molecule is O=C[N+]1(C23CC4CC(CC(C4)C2)C3)CCc2cc(F)c(F)cc21. The number of benzene rings is 1. The highest BCUT2D eigenvalue weighted by Crippen LogP contribution is 2.61. The molecule has 4 fully saturated rings. The Morgan fingerprint density at radius 1 is 1.00 bits per heavy atom. The molecule has 5 aliphatic rings. The summed E-state index contributed by atoms with van der Waals surface area (Å²) in [6.07, 6.45) is 8.89. The van der Waals surface area contributed by atoms with Crippen LogP contribution in [0.5, 0.6) is 0 Å². The number of quaternary nitrogens is 1. The molecule has 4 heteroatoms. The fourth-order valence-corrected chi connectivity index (χ4v) is 6.83. The molecule has 1 aliphatic heterocycles. The average molecular weight is 318 g/mol. The number of hydrogen-bond donors (Lipinski definition) is 0. The molecular weight excluding hydrogens is 296 g/mol. The number of nitrogens with zero attached hydrogens (tertiary/aromatic N) is 1. The minimum Gasteiger partial charge on any atom is -0.233 e. The maximum atomic E-state index is 13.9. The Morgan fingerprint density at radius 2 is 1.57 bits per heavy atom. The van der Waals surface area contributed by atoms with Crippen LogP contribution in [-0.2, 0) is 11.2 Å². The van der Waals surface area contributed by atoms with Crippen LogP contribution in [0, 0.1) is 29.4 Å². The summed E-state index contributed by atoms with van der Waals surface area (Å²) in [6.45, 7) is 0.674. The summed E-state index contributed by atoms with van der Waals surface area (Å²) in [7, 11) is 0. The predicted octanol–water partition coefficient (Wildman–Crippen LogP) is 3.95. The molecule has 23 heavy (non-hydrogen) atoms. The third-order valence-corrected chi connectivity index (χ3v) is 7.32. The van der Waals surface area contributed by atoms with Crippen molar-refractivity contribution in [3.05, 3.63) is 29.3 Å². The van der Waals surface area contributed by atoms with Crippen LogP contribution in [0.15, 0.2) is 12.1 Å². The first-order valence-electron chi connectivity index (χ1n) is 8.88. The van der Waals surface area contributed by atoms with Gasteiger partial charge in [-0.1, -0.05) is 0 Å². The lowest BCUT2D eigenvalue weighted by Crippen LogP contribution is -2.70. The Labute approximate surface area is 135 Å². The number of rotatable bonds is 2. The third kappa shape index (κ3) is 1.68. The summed E-state index contributed by atoms with van der Waals surface area (Å²) < 4.78 is 27.8. The average Bonchev–Trinajstić information content (AvgIpc) is 2.86. The molecule has 2 nitrogen and oxygen atoms in total. The minimum absolute atomic E-state index is 0.0635. The normalized spacial score (nSPS) is 43.7. The molecule has 1 aromatic carbocycles. The van der Waals surface area contributed by atoms with Crippen molar-refractivity contribution >= 4 is 12.1 Å². The van der Waals surface area contributed by atoms with Gasteiger partial charge in [0.05, 0.1) is 6.54 Å². The van der Waals surface area contributed by atoms with Gasteiger partial charge in [0, 0.05) is 37.3 Å². The van der Waals surface area contributed by atoms with E-state index in [1.165, 1.54) is 31.4 Å². The molecule has 4 aliphatic carbocycles. The number of amides is 1. The second-order valence-electron chi connectivity index (χ2n) is 8.48. The van der Waals surface area contributed by atoms with Crippen LogP contribution >= 0.6 is 0 Å². The van der Waals surface area contributed by atoms with Gasteiger partial charge in [-0.25, -0.2) is 18.1 Å². The van der Waals surface area contributed by atoms with E-state index in [0.717, 1.165) is 54.7 Å². The van der Waals surface area contributed by atoms with E-state index in [2.05, 4.69) is 0 Å². The molecule has 0 aromatic heterocycles. The second kappa shape index (κ2) is 4.41. The smallest absolute Gasteiger partial charge is 0.233 e. The summed E-state index contributed by atoms with van der Waals surface area (Å²) in [4.78, 5) is 12.4. The lowest BCUT2D eigenvalue weighted by Gasteiger charge is -2.60. The van der Waals surface area contributed by atoms with Crippen molar-refractivity contribution in [1.82, 2.24) is 4.48 Å². The molecule has 0 saturated heterocycles. The summed E-state index contributed by atoms with van der Waals surface area (Å²) in [5.41, 5.74) is 1.50. The number of carbonyl (C=O) groups is 1. The molecule has 1 amide bonds. The zero-order valence-electron chi connectivity index (χ0n) is 13.2. The van der Waals surface area contributed by atoms with Gasteiger partial charge >= 0.3 is 6.41 Å². The van der Waals surface area contributed by atoms with E-state index in [1.807, 2.05) is 0 Å². The van der Waals surface area contributed by atoms with Gasteiger partial charge in [-0.3, -0.25) is 0 Å². The largest absolute Gasteiger partial charge is 0.307 e. The first-order chi connectivity index (χ1) is 11.1. The van der Waals surface area contributed by atoms with E-state index >= 15 is 0 Å². The lowest BCUT2D eigenvalue weighted by molar-refractivity contribution is -0.134. The van der Waals surface area contributed by atoms with E-state index in [0.29, 0.717) is 13.0 Å². The molecule has 4 bridgehead atoms. The fourth-order valence-electron chi connectivity index (χ4n) is 6.83. The van der Waals surface area contributed by atoms with E-state index in [1.54, 1.807) is 0 Å². The Hall–Kier alpha value is -1.29. The molecule has 0 radical (unpaired) electrons. The van der Waals surface area contributed by atoms with Crippen LogP contribution in [0.1, 0.15) is 44.1 Å². The summed E-state index contributed by atoms with van der Waals surface area (Å²) in [6, 6.07) is 2.62. The number of halogens is 2. The zero-order valence-corrected chi connectivity index (χ0v) is 13.2. The fraction of sp³-hybridized carbons (Fsp3) is 0.632. The van der Waals surface area contributed by atoms with E-state index < -0.39 is 11.6 Å². The van der Waals surface area contributed by atoms with Gasteiger partial charge in [0.15, 0.2) is 11.6 Å². The topological polar surface area (TPSA) is 17.1 Å². The summed E-state index contributed by atoms with van der Waals surface area (Å²) in [5, 5.41) is 0. The molecule has 1 atom stereocenters. The van der Waals surface area contributed by atoms with Crippen LogP contribution < -0.4 is 4.48 Å². The molecule has 1 unspecified atom stereocenters. The van der Waals surface area contributed by atoms with Crippen molar-refractivity contribution in [2.24, 2.45) is 17.8 Å². The number of fused-ring (bicyclic) bond motifs is 1. The van der Waals surface area contributed by atoms with Gasteiger partial charge in [0.1, 0.15) is 11.2 Å². The third-order valence-electron chi connectivity index (χ3n) is 7.32. The van der Waals surface area contributed by atoms with Crippen LogP contribution in [0.4, 0.5) is 14.5 Å². The lowest BCUT2D eigenvalue weighted by atomic mass is 9.52. The highest BCUT2D eigenvalue weighted by molar-refractivity contribution is 5.76. The molecule has 0 N–H and O–H groups in total. The predicted molar refractivity (Wildman–Crippen MR) is 83.7 cm³/mol. The molecule has 4 saturated carbocycles. The molecule has 122 valence electrons. The monoisotopic (exact) mass is 318 g/mol. The zero-order chi connectivity index (χ0) is 15.8. The van der Waals surface area contributed by atoms with Crippen molar-refractivity contribution in [3.8, 4) is 0 Å². The van der Waals surface area contributed by atoms with Gasteiger partial charge < -0.3 is 0 Å². The maximum Gasteiger partial charge on any atom is 0.307 e. The molecule has 1 aromatic rings. The summed E-state index contributed by atoms with van der Waals surface area (Å²) in [5.74, 6) is 0.571. The minimum atomic E-state index is -0.820. The van der Waals surface area contributed by atoms with Crippen LogP contribution in [0.25, 0.3) is 0 Å². The van der Waals surface area contributed by atoms with E-state index in [4.69, 9.17) is 0 Å². The highest BCUT2D eigenvalue weighted by Gasteiger charge is 2.64. The molecular formula is C19H22F2NO+. The van der Waals surface area contributed by atoms with Crippen LogP contribution in [0.3, 0.4) is 0 Å². The van der Waals surface area contributed by atoms with Gasteiger partial charge in [-0.2, -0.15) is 0 Å². The van der Waals surface area contributed by atoms with Crippen LogP contribution in [-0.4, -0.2) is 18.5 Å². The Morgan fingerprint density at radius 3 is 2.13 bits per heavy atom. The molecule has 6 rings (SSSR count). The standard InChI is InChI=1S/C19H22F2NO/c20-16-6-15-1-2-22(11-23,18(15)7-17(16)21)19-8-12-3-13(9-19)5-14(4-12)10-19/h6-7,11-14H,1-5,8-10H2/q+1. The molecule has 0 spiro atoms. The summed E-state index contributed by atoms with van der Waals surface area (Å²) >= 11 is 0. The highest BCUT2D eigenvalue weighted by atomic mass is 19.2. The van der Waals surface area contributed by atoms with Gasteiger partial charge in [-0.05, 0) is 43.1 Å². The van der Waals surface area contributed by atoms with Crippen LogP contribution in [0.2, 0.25) is 0 Å². The van der Waals surface area contributed by atoms with E-state index in [9.17, 15) is 13.6 Å². The first-order valence-corrected chi connectivity index (χ1v) is 8.88. The number of hydrogen-bond acceptors (Lipinski definition) is 1. The molecule has 1 heterocycles. The van der Waals surface area contributed by atoms with Crippen molar-refractivity contribution in [3.63, 3.8) is 0 Å². The Bertz CT molecular complexity index is 666. The first kappa shape index (κ1) is 14.1. The van der Waals surface area contributed by atoms with Crippen molar-refractivity contribution in [2.75, 3.05) is 6.54 Å².